The Bertz CT molecular complexity index is 599. The van der Waals surface area contributed by atoms with Crippen LogP contribution in [0.15, 0.2) is 35.7 Å². The molecule has 4 nitrogen and oxygen atoms in total. The van der Waals surface area contributed by atoms with Gasteiger partial charge in [-0.05, 0) is 29.5 Å². The van der Waals surface area contributed by atoms with E-state index in [9.17, 15) is 10.1 Å². The predicted octanol–water partition coefficient (Wildman–Crippen LogP) is 5.12. The van der Waals surface area contributed by atoms with E-state index in [0.29, 0.717) is 16.6 Å². The van der Waals surface area contributed by atoms with Gasteiger partial charge in [-0.2, -0.15) is 0 Å². The van der Waals surface area contributed by atoms with Gasteiger partial charge in [0.25, 0.3) is 5.69 Å². The minimum Gasteiger partial charge on any atom is -0.372 e. The van der Waals surface area contributed by atoms with Crippen LogP contribution >= 0.6 is 22.9 Å². The van der Waals surface area contributed by atoms with Crippen LogP contribution < -0.4 is 5.32 Å². The molecule has 0 saturated heterocycles. The Labute approximate surface area is 126 Å². The number of nitro benzene ring substituents is 1. The van der Waals surface area contributed by atoms with Crippen molar-refractivity contribution in [1.29, 1.82) is 0 Å². The minimum atomic E-state index is -0.398. The van der Waals surface area contributed by atoms with E-state index in [1.165, 1.54) is 12.1 Å². The Kier molecular flexibility index (Phi) is 4.62. The maximum absolute atomic E-state index is 11.1. The van der Waals surface area contributed by atoms with Crippen LogP contribution in [0.1, 0.15) is 24.8 Å². The van der Waals surface area contributed by atoms with E-state index in [4.69, 9.17) is 11.6 Å². The first-order valence-electron chi connectivity index (χ1n) is 6.23. The summed E-state index contributed by atoms with van der Waals surface area (Å²) in [5.74, 6) is 0.298. The number of benzene rings is 1. The molecule has 106 valence electrons. The molecule has 2 rings (SSSR count). The van der Waals surface area contributed by atoms with Crippen molar-refractivity contribution in [3.05, 3.63) is 55.7 Å². The van der Waals surface area contributed by atoms with Crippen molar-refractivity contribution in [1.82, 2.24) is 0 Å². The highest BCUT2D eigenvalue weighted by atomic mass is 35.5. The van der Waals surface area contributed by atoms with E-state index in [1.807, 2.05) is 17.5 Å². The third-order valence-corrected chi connectivity index (χ3v) is 4.17. The second-order valence-electron chi connectivity index (χ2n) is 4.80. The van der Waals surface area contributed by atoms with Crippen molar-refractivity contribution in [3.63, 3.8) is 0 Å². The second kappa shape index (κ2) is 6.24. The Morgan fingerprint density at radius 2 is 2.10 bits per heavy atom. The number of nitro groups is 1. The molecule has 1 atom stereocenters. The summed E-state index contributed by atoms with van der Waals surface area (Å²) in [7, 11) is 0. The maximum Gasteiger partial charge on any atom is 0.292 e. The Morgan fingerprint density at radius 3 is 2.65 bits per heavy atom. The summed E-state index contributed by atoms with van der Waals surface area (Å²) >= 11 is 7.58. The molecule has 6 heteroatoms. The highest BCUT2D eigenvalue weighted by Crippen LogP contribution is 2.34. The van der Waals surface area contributed by atoms with E-state index in [2.05, 4.69) is 19.2 Å². The molecule has 0 amide bonds. The lowest BCUT2D eigenvalue weighted by Gasteiger charge is -2.22. The molecule has 1 unspecified atom stereocenters. The molecular weight excluding hydrogens is 296 g/mol. The largest absolute Gasteiger partial charge is 0.372 e. The van der Waals surface area contributed by atoms with E-state index in [0.717, 1.165) is 4.88 Å². The third-order valence-electron chi connectivity index (χ3n) is 2.98. The number of halogens is 1. The molecule has 2 aromatic rings. The number of nitrogens with one attached hydrogen (secondary N) is 1. The highest BCUT2D eigenvalue weighted by molar-refractivity contribution is 7.10. The first kappa shape index (κ1) is 14.8. The van der Waals surface area contributed by atoms with Gasteiger partial charge in [-0.3, -0.25) is 10.1 Å². The zero-order valence-corrected chi connectivity index (χ0v) is 12.7. The Hall–Kier alpha value is -1.59. The molecule has 0 radical (unpaired) electrons. The fraction of sp³-hybridized carbons (Fsp3) is 0.286. The monoisotopic (exact) mass is 310 g/mol. The molecule has 0 aliphatic heterocycles. The number of hydrogen-bond acceptors (Lipinski definition) is 4. The molecule has 1 aromatic carbocycles. The zero-order chi connectivity index (χ0) is 14.7. The molecular formula is C14H15ClN2O2S. The normalized spacial score (nSPS) is 12.4. The molecule has 1 heterocycles. The van der Waals surface area contributed by atoms with E-state index < -0.39 is 4.92 Å². The number of nitrogens with zero attached hydrogens (tertiary/aromatic N) is 1. The number of anilines is 1. The van der Waals surface area contributed by atoms with Gasteiger partial charge in [0.15, 0.2) is 0 Å². The lowest BCUT2D eigenvalue weighted by Crippen LogP contribution is -2.16. The summed E-state index contributed by atoms with van der Waals surface area (Å²) in [5, 5.41) is 16.8. The molecule has 1 aromatic heterocycles. The van der Waals surface area contributed by atoms with Crippen LogP contribution in [0, 0.1) is 16.0 Å². The number of hydrogen-bond donors (Lipinski definition) is 1. The molecule has 0 aliphatic carbocycles. The van der Waals surface area contributed by atoms with Gasteiger partial charge in [0, 0.05) is 16.0 Å². The van der Waals surface area contributed by atoms with Crippen LogP contribution in [0.5, 0.6) is 0 Å². The van der Waals surface area contributed by atoms with Gasteiger partial charge in [0.05, 0.1) is 11.0 Å². The average Bonchev–Trinajstić information content (AvgIpc) is 2.88. The van der Waals surface area contributed by atoms with Crippen molar-refractivity contribution >= 4 is 34.3 Å². The van der Waals surface area contributed by atoms with Crippen molar-refractivity contribution in [2.75, 3.05) is 5.32 Å². The SMILES string of the molecule is CC(C)C(Nc1cc(Cl)ccc1[N+](=O)[O-])c1cccs1. The van der Waals surface area contributed by atoms with Crippen LogP contribution in [-0.4, -0.2) is 4.92 Å². The smallest absolute Gasteiger partial charge is 0.292 e. The van der Waals surface area contributed by atoms with Gasteiger partial charge < -0.3 is 5.32 Å². The van der Waals surface area contributed by atoms with E-state index in [-0.39, 0.29) is 11.7 Å². The van der Waals surface area contributed by atoms with Crippen molar-refractivity contribution in [2.45, 2.75) is 19.9 Å². The zero-order valence-electron chi connectivity index (χ0n) is 11.2. The van der Waals surface area contributed by atoms with Gasteiger partial charge in [-0.1, -0.05) is 31.5 Å². The van der Waals surface area contributed by atoms with Crippen molar-refractivity contribution in [3.8, 4) is 0 Å². The van der Waals surface area contributed by atoms with Crippen LogP contribution in [0.25, 0.3) is 0 Å². The number of rotatable bonds is 5. The topological polar surface area (TPSA) is 55.2 Å². The summed E-state index contributed by atoms with van der Waals surface area (Å²) in [4.78, 5) is 11.8. The minimum absolute atomic E-state index is 0.0205. The second-order valence-corrected chi connectivity index (χ2v) is 6.22. The molecule has 20 heavy (non-hydrogen) atoms. The third kappa shape index (κ3) is 3.29. The molecule has 1 N–H and O–H groups in total. The Balaban J connectivity index is 2.36. The van der Waals surface area contributed by atoms with Crippen LogP contribution in [0.2, 0.25) is 5.02 Å². The fourth-order valence-electron chi connectivity index (χ4n) is 1.99. The summed E-state index contributed by atoms with van der Waals surface area (Å²) in [6, 6.07) is 8.58. The lowest BCUT2D eigenvalue weighted by molar-refractivity contribution is -0.384. The predicted molar refractivity (Wildman–Crippen MR) is 83.6 cm³/mol. The maximum atomic E-state index is 11.1. The van der Waals surface area contributed by atoms with E-state index >= 15 is 0 Å². The summed E-state index contributed by atoms with van der Waals surface area (Å²) in [5.41, 5.74) is 0.492. The molecule has 0 spiro atoms. The van der Waals surface area contributed by atoms with Crippen LogP contribution in [-0.2, 0) is 0 Å². The lowest BCUT2D eigenvalue weighted by atomic mass is 10.0. The standard InChI is InChI=1S/C14H15ClN2O2S/c1-9(2)14(13-4-3-7-20-13)16-11-8-10(15)5-6-12(11)17(18)19/h3-9,14,16H,1-2H3. The van der Waals surface area contributed by atoms with Gasteiger partial charge in [0.2, 0.25) is 0 Å². The first-order valence-corrected chi connectivity index (χ1v) is 7.48. The van der Waals surface area contributed by atoms with Crippen LogP contribution in [0.4, 0.5) is 11.4 Å². The molecule has 0 fully saturated rings. The average molecular weight is 311 g/mol. The fourth-order valence-corrected chi connectivity index (χ4v) is 3.11. The molecule has 0 aliphatic rings. The van der Waals surface area contributed by atoms with Gasteiger partial charge in [-0.25, -0.2) is 0 Å². The van der Waals surface area contributed by atoms with Gasteiger partial charge in [-0.15, -0.1) is 11.3 Å². The summed E-state index contributed by atoms with van der Waals surface area (Å²) < 4.78 is 0. The Morgan fingerprint density at radius 1 is 1.35 bits per heavy atom. The summed E-state index contributed by atoms with van der Waals surface area (Å²) in [6.45, 7) is 4.15. The van der Waals surface area contributed by atoms with Crippen LogP contribution in [0.3, 0.4) is 0 Å². The summed E-state index contributed by atoms with van der Waals surface area (Å²) in [6.07, 6.45) is 0. The molecule has 0 bridgehead atoms. The van der Waals surface area contributed by atoms with Crippen molar-refractivity contribution in [2.24, 2.45) is 5.92 Å². The van der Waals surface area contributed by atoms with Crippen molar-refractivity contribution < 1.29 is 4.92 Å². The first-order chi connectivity index (χ1) is 9.49. The molecule has 0 saturated carbocycles. The number of thiophene rings is 1. The van der Waals surface area contributed by atoms with E-state index in [1.54, 1.807) is 17.4 Å². The highest BCUT2D eigenvalue weighted by Gasteiger charge is 2.21. The van der Waals surface area contributed by atoms with Gasteiger partial charge >= 0.3 is 0 Å². The quantitative estimate of drug-likeness (QED) is 0.616. The van der Waals surface area contributed by atoms with Gasteiger partial charge in [0.1, 0.15) is 5.69 Å².